The monoisotopic (exact) mass is 273 g/mol. The van der Waals surface area contributed by atoms with Gasteiger partial charge in [-0.15, -0.1) is 0 Å². The molecule has 0 saturated heterocycles. The molecule has 1 aliphatic rings. The third kappa shape index (κ3) is 3.03. The van der Waals surface area contributed by atoms with Gasteiger partial charge in [0.1, 0.15) is 5.75 Å². The topological polar surface area (TPSA) is 29.5 Å². The van der Waals surface area contributed by atoms with Crippen LogP contribution in [0.25, 0.3) is 0 Å². The summed E-state index contributed by atoms with van der Waals surface area (Å²) in [5, 5.41) is 0. The van der Waals surface area contributed by atoms with Crippen LogP contribution in [0.5, 0.6) is 5.75 Å². The predicted molar refractivity (Wildman–Crippen MR) is 80.7 cm³/mol. The summed E-state index contributed by atoms with van der Waals surface area (Å²) in [6, 6.07) is 7.91. The van der Waals surface area contributed by atoms with Crippen molar-refractivity contribution in [3.05, 3.63) is 42.0 Å². The number of amides is 1. The number of carbonyl (C=O) groups excluding carboxylic acids is 1. The van der Waals surface area contributed by atoms with E-state index in [1.165, 1.54) is 0 Å². The van der Waals surface area contributed by atoms with Crippen molar-refractivity contribution in [3.63, 3.8) is 0 Å². The number of hydrogen-bond donors (Lipinski definition) is 0. The van der Waals surface area contributed by atoms with Crippen LogP contribution in [-0.2, 0) is 4.79 Å². The first-order chi connectivity index (χ1) is 9.65. The quantitative estimate of drug-likeness (QED) is 0.785. The zero-order chi connectivity index (χ0) is 14.5. The summed E-state index contributed by atoms with van der Waals surface area (Å²) < 4.78 is 5.39. The zero-order valence-electron chi connectivity index (χ0n) is 12.5. The number of nitrogens with zero attached hydrogens (tertiary/aromatic N) is 1. The van der Waals surface area contributed by atoms with Gasteiger partial charge in [-0.25, -0.2) is 0 Å². The second-order valence-electron chi connectivity index (χ2n) is 5.35. The molecule has 0 aliphatic heterocycles. The number of carbonyl (C=O) groups is 1. The largest absolute Gasteiger partial charge is 0.496 e. The maximum absolute atomic E-state index is 12.6. The summed E-state index contributed by atoms with van der Waals surface area (Å²) in [5.41, 5.74) is 1.05. The Hall–Kier alpha value is -1.77. The highest BCUT2D eigenvalue weighted by Gasteiger charge is 2.26. The number of ether oxygens (including phenoxy) is 1. The molecule has 0 unspecified atom stereocenters. The lowest BCUT2D eigenvalue weighted by atomic mass is 9.92. The molecule has 0 saturated carbocycles. The maximum Gasteiger partial charge on any atom is 0.226 e. The molecule has 20 heavy (non-hydrogen) atoms. The Morgan fingerprint density at radius 2 is 2.10 bits per heavy atom. The first-order valence-electron chi connectivity index (χ1n) is 7.19. The van der Waals surface area contributed by atoms with Crippen LogP contribution in [-0.4, -0.2) is 25.0 Å². The van der Waals surface area contributed by atoms with Crippen LogP contribution in [0.3, 0.4) is 0 Å². The van der Waals surface area contributed by atoms with Crippen LogP contribution >= 0.6 is 0 Å². The molecular formula is C17H23NO2. The average Bonchev–Trinajstić information content (AvgIpc) is 2.53. The minimum atomic E-state index is 0.0181. The highest BCUT2D eigenvalue weighted by atomic mass is 16.5. The van der Waals surface area contributed by atoms with Crippen molar-refractivity contribution < 1.29 is 9.53 Å². The van der Waals surface area contributed by atoms with Crippen molar-refractivity contribution in [2.75, 3.05) is 14.2 Å². The second-order valence-corrected chi connectivity index (χ2v) is 5.35. The van der Waals surface area contributed by atoms with E-state index in [0.29, 0.717) is 0 Å². The second kappa shape index (κ2) is 6.60. The summed E-state index contributed by atoms with van der Waals surface area (Å²) in [5.74, 6) is 1.19. The molecule has 3 nitrogen and oxygen atoms in total. The molecule has 108 valence electrons. The van der Waals surface area contributed by atoms with Crippen molar-refractivity contribution in [3.8, 4) is 5.75 Å². The fourth-order valence-electron chi connectivity index (χ4n) is 2.72. The van der Waals surface area contributed by atoms with Gasteiger partial charge in [0, 0.05) is 18.5 Å². The SMILES string of the molecule is COc1ccccc1[C@H](C)N(C)C(=O)[C@@H]1CC=CCC1. The Balaban J connectivity index is 2.13. The lowest BCUT2D eigenvalue weighted by Crippen LogP contribution is -2.35. The van der Waals surface area contributed by atoms with E-state index in [2.05, 4.69) is 19.1 Å². The van der Waals surface area contributed by atoms with E-state index < -0.39 is 0 Å². The molecule has 1 aromatic carbocycles. The minimum Gasteiger partial charge on any atom is -0.496 e. The zero-order valence-corrected chi connectivity index (χ0v) is 12.5. The summed E-state index contributed by atoms with van der Waals surface area (Å²) in [4.78, 5) is 14.4. The van der Waals surface area contributed by atoms with E-state index in [9.17, 15) is 4.79 Å². The van der Waals surface area contributed by atoms with Gasteiger partial charge in [-0.05, 0) is 32.3 Å². The fraction of sp³-hybridized carbons (Fsp3) is 0.471. The van der Waals surface area contributed by atoms with Gasteiger partial charge >= 0.3 is 0 Å². The Bertz CT molecular complexity index is 496. The molecule has 0 radical (unpaired) electrons. The fourth-order valence-corrected chi connectivity index (χ4v) is 2.72. The third-order valence-electron chi connectivity index (χ3n) is 4.14. The minimum absolute atomic E-state index is 0.0181. The number of allylic oxidation sites excluding steroid dienone is 2. The molecule has 3 heteroatoms. The number of para-hydroxylation sites is 1. The van der Waals surface area contributed by atoms with Gasteiger partial charge < -0.3 is 9.64 Å². The molecule has 0 spiro atoms. The van der Waals surface area contributed by atoms with E-state index in [0.717, 1.165) is 30.6 Å². The number of methoxy groups -OCH3 is 1. The van der Waals surface area contributed by atoms with Crippen LogP contribution in [0.1, 0.15) is 37.8 Å². The number of hydrogen-bond acceptors (Lipinski definition) is 2. The lowest BCUT2D eigenvalue weighted by molar-refractivity contribution is -0.136. The molecule has 0 bridgehead atoms. The van der Waals surface area contributed by atoms with Crippen LogP contribution in [0.2, 0.25) is 0 Å². The molecule has 1 aromatic rings. The molecule has 1 amide bonds. The number of rotatable bonds is 4. The Kier molecular flexibility index (Phi) is 4.83. The lowest BCUT2D eigenvalue weighted by Gasteiger charge is -2.30. The van der Waals surface area contributed by atoms with Crippen molar-refractivity contribution in [2.45, 2.75) is 32.2 Å². The third-order valence-corrected chi connectivity index (χ3v) is 4.14. The molecule has 2 atom stereocenters. The molecular weight excluding hydrogens is 250 g/mol. The van der Waals surface area contributed by atoms with Crippen molar-refractivity contribution in [1.29, 1.82) is 0 Å². The van der Waals surface area contributed by atoms with E-state index in [1.807, 2.05) is 36.2 Å². The van der Waals surface area contributed by atoms with Crippen LogP contribution in [0, 0.1) is 5.92 Å². The van der Waals surface area contributed by atoms with Crippen LogP contribution in [0.15, 0.2) is 36.4 Å². The van der Waals surface area contributed by atoms with Crippen LogP contribution < -0.4 is 4.74 Å². The van der Waals surface area contributed by atoms with Gasteiger partial charge in [-0.1, -0.05) is 30.4 Å². The van der Waals surface area contributed by atoms with Crippen molar-refractivity contribution in [1.82, 2.24) is 4.90 Å². The molecule has 0 heterocycles. The highest BCUT2D eigenvalue weighted by Crippen LogP contribution is 2.30. The Morgan fingerprint density at radius 3 is 2.75 bits per heavy atom. The Labute approximate surface area is 121 Å². The van der Waals surface area contributed by atoms with E-state index in [4.69, 9.17) is 4.74 Å². The first-order valence-corrected chi connectivity index (χ1v) is 7.19. The van der Waals surface area contributed by atoms with Crippen LogP contribution in [0.4, 0.5) is 0 Å². The van der Waals surface area contributed by atoms with Gasteiger partial charge in [0.05, 0.1) is 13.2 Å². The summed E-state index contributed by atoms with van der Waals surface area (Å²) in [6.07, 6.45) is 7.11. The highest BCUT2D eigenvalue weighted by molar-refractivity contribution is 5.79. The van der Waals surface area contributed by atoms with Crippen molar-refractivity contribution in [2.24, 2.45) is 5.92 Å². The predicted octanol–water partition coefficient (Wildman–Crippen LogP) is 3.57. The van der Waals surface area contributed by atoms with Gasteiger partial charge in [0.15, 0.2) is 0 Å². The molecule has 2 rings (SSSR count). The number of benzene rings is 1. The van der Waals surface area contributed by atoms with Crippen molar-refractivity contribution >= 4 is 5.91 Å². The van der Waals surface area contributed by atoms with Gasteiger partial charge in [0.25, 0.3) is 0 Å². The molecule has 0 N–H and O–H groups in total. The van der Waals surface area contributed by atoms with E-state index in [-0.39, 0.29) is 17.9 Å². The average molecular weight is 273 g/mol. The maximum atomic E-state index is 12.6. The summed E-state index contributed by atoms with van der Waals surface area (Å²) >= 11 is 0. The molecule has 0 fully saturated rings. The van der Waals surface area contributed by atoms with Gasteiger partial charge in [-0.2, -0.15) is 0 Å². The van der Waals surface area contributed by atoms with E-state index >= 15 is 0 Å². The molecule has 1 aliphatic carbocycles. The summed E-state index contributed by atoms with van der Waals surface area (Å²) in [6.45, 7) is 2.05. The summed E-state index contributed by atoms with van der Waals surface area (Å²) in [7, 11) is 3.55. The van der Waals surface area contributed by atoms with Gasteiger partial charge in [-0.3, -0.25) is 4.79 Å². The van der Waals surface area contributed by atoms with E-state index in [1.54, 1.807) is 7.11 Å². The first kappa shape index (κ1) is 14.6. The molecule has 0 aromatic heterocycles. The standard InChI is InChI=1S/C17H23NO2/c1-13(15-11-7-8-12-16(15)20-3)18(2)17(19)14-9-5-4-6-10-14/h4-5,7-8,11-14H,6,9-10H2,1-3H3/t13-,14+/m0/s1. The Morgan fingerprint density at radius 1 is 1.35 bits per heavy atom. The smallest absolute Gasteiger partial charge is 0.226 e. The van der Waals surface area contributed by atoms with Gasteiger partial charge in [0.2, 0.25) is 5.91 Å². The normalized spacial score (nSPS) is 19.4.